The Bertz CT molecular complexity index is 883. The Morgan fingerprint density at radius 2 is 1.96 bits per heavy atom. The summed E-state index contributed by atoms with van der Waals surface area (Å²) in [5.41, 5.74) is 3.28. The van der Waals surface area contributed by atoms with Gasteiger partial charge in [0.25, 0.3) is 0 Å². The molecule has 0 aromatic carbocycles. The van der Waals surface area contributed by atoms with E-state index in [0.717, 1.165) is 31.2 Å². The van der Waals surface area contributed by atoms with Gasteiger partial charge in [-0.15, -0.1) is 0 Å². The van der Waals surface area contributed by atoms with Crippen molar-refractivity contribution >= 4 is 17.1 Å². The van der Waals surface area contributed by atoms with E-state index in [4.69, 9.17) is 0 Å². The van der Waals surface area contributed by atoms with Crippen LogP contribution in [0.3, 0.4) is 0 Å². The van der Waals surface area contributed by atoms with E-state index in [1.807, 2.05) is 18.3 Å². The second-order valence-corrected chi connectivity index (χ2v) is 9.37. The fourth-order valence-electron chi connectivity index (χ4n) is 6.75. The molecule has 1 heterocycles. The minimum Gasteiger partial charge on any atom is -0.299 e. The fraction of sp³-hybridized carbons (Fsp3) is 0.542. The Morgan fingerprint density at radius 3 is 2.74 bits per heavy atom. The first kappa shape index (κ1) is 17.1. The van der Waals surface area contributed by atoms with Crippen LogP contribution in [0, 0.1) is 28.6 Å². The highest BCUT2D eigenvalue weighted by Crippen LogP contribution is 2.65. The summed E-state index contributed by atoms with van der Waals surface area (Å²) in [6.07, 6.45) is 13.5. The SMILES string of the molecule is C[C@@]12C(=O)CC[C@H]1[C@@H]1CCC3=CC(=O)CC[C@]3(C)[C@H]1C=C2c1cccnc1. The molecule has 0 spiro atoms. The van der Waals surface area contributed by atoms with Crippen LogP contribution >= 0.6 is 0 Å². The number of pyridine rings is 1. The zero-order valence-electron chi connectivity index (χ0n) is 16.2. The Labute approximate surface area is 161 Å². The number of carbonyl (C=O) groups excluding carboxylic acids is 2. The number of carbonyl (C=O) groups is 2. The lowest BCUT2D eigenvalue weighted by Crippen LogP contribution is -2.49. The first-order chi connectivity index (χ1) is 12.9. The number of hydrogen-bond acceptors (Lipinski definition) is 3. The number of aromatic nitrogens is 1. The van der Waals surface area contributed by atoms with E-state index < -0.39 is 0 Å². The summed E-state index contributed by atoms with van der Waals surface area (Å²) in [7, 11) is 0. The normalized spacial score (nSPS) is 40.6. The smallest absolute Gasteiger partial charge is 0.155 e. The topological polar surface area (TPSA) is 47.0 Å². The first-order valence-corrected chi connectivity index (χ1v) is 10.3. The maximum absolute atomic E-state index is 13.1. The number of rotatable bonds is 1. The average Bonchev–Trinajstić information content (AvgIpc) is 2.98. The van der Waals surface area contributed by atoms with Crippen LogP contribution in [0.5, 0.6) is 0 Å². The van der Waals surface area contributed by atoms with Crippen molar-refractivity contribution in [3.63, 3.8) is 0 Å². The molecule has 3 nitrogen and oxygen atoms in total. The Kier molecular flexibility index (Phi) is 3.63. The van der Waals surface area contributed by atoms with E-state index in [1.165, 1.54) is 11.1 Å². The molecule has 2 saturated carbocycles. The van der Waals surface area contributed by atoms with Crippen molar-refractivity contribution in [1.29, 1.82) is 0 Å². The minimum absolute atomic E-state index is 0.0528. The summed E-state index contributed by atoms with van der Waals surface area (Å²) < 4.78 is 0. The number of hydrogen-bond donors (Lipinski definition) is 0. The highest BCUT2D eigenvalue weighted by Gasteiger charge is 2.59. The Hall–Kier alpha value is -2.03. The monoisotopic (exact) mass is 361 g/mol. The highest BCUT2D eigenvalue weighted by atomic mass is 16.1. The largest absolute Gasteiger partial charge is 0.299 e. The number of ketones is 2. The van der Waals surface area contributed by atoms with E-state index >= 15 is 0 Å². The van der Waals surface area contributed by atoms with E-state index in [1.54, 1.807) is 6.20 Å². The minimum atomic E-state index is -0.383. The lowest BCUT2D eigenvalue weighted by molar-refractivity contribution is -0.124. The molecule has 5 atom stereocenters. The van der Waals surface area contributed by atoms with Crippen LogP contribution in [0.4, 0.5) is 0 Å². The third-order valence-electron chi connectivity index (χ3n) is 8.30. The van der Waals surface area contributed by atoms with Crippen molar-refractivity contribution < 1.29 is 9.59 Å². The molecule has 0 radical (unpaired) electrons. The van der Waals surface area contributed by atoms with Crippen LogP contribution < -0.4 is 0 Å². The second-order valence-electron chi connectivity index (χ2n) is 9.37. The molecule has 4 aliphatic carbocycles. The number of allylic oxidation sites excluding steroid dienone is 4. The molecule has 1 aromatic rings. The molecule has 0 saturated heterocycles. The maximum Gasteiger partial charge on any atom is 0.155 e. The Balaban J connectivity index is 1.70. The summed E-state index contributed by atoms with van der Waals surface area (Å²) in [5.74, 6) is 2.04. The van der Waals surface area contributed by atoms with Crippen molar-refractivity contribution in [2.75, 3.05) is 0 Å². The second kappa shape index (κ2) is 5.73. The molecule has 0 bridgehead atoms. The van der Waals surface area contributed by atoms with Crippen molar-refractivity contribution in [2.24, 2.45) is 28.6 Å². The van der Waals surface area contributed by atoms with Gasteiger partial charge in [-0.3, -0.25) is 14.6 Å². The molecule has 4 aliphatic rings. The predicted molar refractivity (Wildman–Crippen MR) is 105 cm³/mol. The van der Waals surface area contributed by atoms with Crippen LogP contribution in [0.2, 0.25) is 0 Å². The zero-order valence-corrected chi connectivity index (χ0v) is 16.2. The van der Waals surface area contributed by atoms with Crippen LogP contribution in [0.15, 0.2) is 42.3 Å². The molecule has 2 fully saturated rings. The number of Topliss-reactive ketones (excluding diaryl/α,β-unsaturated/α-hetero) is 1. The summed E-state index contributed by atoms with van der Waals surface area (Å²) in [4.78, 5) is 29.4. The van der Waals surface area contributed by atoms with Gasteiger partial charge in [0.15, 0.2) is 5.78 Å². The quantitative estimate of drug-likeness (QED) is 0.723. The molecule has 3 heteroatoms. The molecule has 140 valence electrons. The van der Waals surface area contributed by atoms with Gasteiger partial charge in [0.1, 0.15) is 5.78 Å². The predicted octanol–water partition coefficient (Wildman–Crippen LogP) is 4.79. The van der Waals surface area contributed by atoms with Crippen molar-refractivity contribution in [3.8, 4) is 0 Å². The van der Waals surface area contributed by atoms with Gasteiger partial charge >= 0.3 is 0 Å². The molecule has 27 heavy (non-hydrogen) atoms. The maximum atomic E-state index is 13.1. The van der Waals surface area contributed by atoms with E-state index in [0.29, 0.717) is 36.4 Å². The van der Waals surface area contributed by atoms with Crippen LogP contribution in [-0.2, 0) is 9.59 Å². The van der Waals surface area contributed by atoms with Crippen molar-refractivity contribution in [2.45, 2.75) is 52.4 Å². The number of nitrogens with zero attached hydrogens (tertiary/aromatic N) is 1. The highest BCUT2D eigenvalue weighted by molar-refractivity contribution is 6.00. The summed E-state index contributed by atoms with van der Waals surface area (Å²) in [5, 5.41) is 0. The van der Waals surface area contributed by atoms with Gasteiger partial charge in [-0.05, 0) is 79.1 Å². The van der Waals surface area contributed by atoms with E-state index in [2.05, 4.69) is 31.0 Å². The summed E-state index contributed by atoms with van der Waals surface area (Å²) >= 11 is 0. The molecule has 0 aliphatic heterocycles. The zero-order chi connectivity index (χ0) is 18.8. The van der Waals surface area contributed by atoms with Gasteiger partial charge < -0.3 is 0 Å². The van der Waals surface area contributed by atoms with Gasteiger partial charge in [0.2, 0.25) is 0 Å². The fourth-order valence-corrected chi connectivity index (χ4v) is 6.75. The van der Waals surface area contributed by atoms with Gasteiger partial charge in [0.05, 0.1) is 5.41 Å². The molecular weight excluding hydrogens is 334 g/mol. The number of fused-ring (bicyclic) bond motifs is 5. The molecule has 0 amide bonds. The third kappa shape index (κ3) is 2.23. The molecule has 0 unspecified atom stereocenters. The van der Waals surface area contributed by atoms with Gasteiger partial charge in [-0.1, -0.05) is 24.6 Å². The lowest BCUT2D eigenvalue weighted by atomic mass is 9.48. The first-order valence-electron chi connectivity index (χ1n) is 10.3. The standard InChI is InChI=1S/C24H27NO2/c1-23-10-9-17(26)12-16(23)5-6-18-19-7-8-22(27)24(19,2)20(13-21(18)23)15-4-3-11-25-14-15/h3-4,11-14,18-19,21H,5-10H2,1-2H3/t18-,19-,21-,23-,24+/m0/s1. The third-order valence-corrected chi connectivity index (χ3v) is 8.30. The van der Waals surface area contributed by atoms with Gasteiger partial charge in [0, 0.05) is 25.2 Å². The van der Waals surface area contributed by atoms with Gasteiger partial charge in [-0.25, -0.2) is 0 Å². The lowest BCUT2D eigenvalue weighted by Gasteiger charge is -2.55. The van der Waals surface area contributed by atoms with Crippen LogP contribution in [-0.4, -0.2) is 16.6 Å². The van der Waals surface area contributed by atoms with Crippen molar-refractivity contribution in [1.82, 2.24) is 4.98 Å². The van der Waals surface area contributed by atoms with Crippen molar-refractivity contribution in [3.05, 3.63) is 47.8 Å². The average molecular weight is 361 g/mol. The molecular formula is C24H27NO2. The summed E-state index contributed by atoms with van der Waals surface area (Å²) in [6.45, 7) is 4.54. The summed E-state index contributed by atoms with van der Waals surface area (Å²) in [6, 6.07) is 4.06. The van der Waals surface area contributed by atoms with Gasteiger partial charge in [-0.2, -0.15) is 0 Å². The molecule has 5 rings (SSSR count). The Morgan fingerprint density at radius 1 is 1.11 bits per heavy atom. The molecule has 1 aromatic heterocycles. The van der Waals surface area contributed by atoms with E-state index in [-0.39, 0.29) is 16.6 Å². The van der Waals surface area contributed by atoms with E-state index in [9.17, 15) is 9.59 Å². The molecule has 0 N–H and O–H groups in total. The van der Waals surface area contributed by atoms with Crippen LogP contribution in [0.1, 0.15) is 57.9 Å². The van der Waals surface area contributed by atoms with Crippen LogP contribution in [0.25, 0.3) is 5.57 Å².